The molecule has 0 aromatic heterocycles. The second-order valence-electron chi connectivity index (χ2n) is 6.06. The monoisotopic (exact) mass is 353 g/mol. The van der Waals surface area contributed by atoms with Crippen molar-refractivity contribution in [2.75, 3.05) is 26.2 Å². The van der Waals surface area contributed by atoms with Crippen LogP contribution in [0.1, 0.15) is 19.3 Å². The first-order valence-corrected chi connectivity index (χ1v) is 8.20. The van der Waals surface area contributed by atoms with Crippen LogP contribution in [-0.2, 0) is 9.59 Å². The molecule has 2 saturated heterocycles. The number of hydrogen-bond donors (Lipinski definition) is 2. The summed E-state index contributed by atoms with van der Waals surface area (Å²) < 4.78 is 5.37. The van der Waals surface area contributed by atoms with Crippen molar-refractivity contribution in [3.05, 3.63) is 30.3 Å². The Balaban J connectivity index is 0.00000208. The van der Waals surface area contributed by atoms with Gasteiger partial charge in [0.25, 0.3) is 5.91 Å². The molecule has 24 heavy (non-hydrogen) atoms. The molecule has 2 heterocycles. The van der Waals surface area contributed by atoms with E-state index in [2.05, 4.69) is 10.6 Å². The quantitative estimate of drug-likeness (QED) is 0.827. The van der Waals surface area contributed by atoms with Crippen molar-refractivity contribution in [3.8, 4) is 5.75 Å². The van der Waals surface area contributed by atoms with E-state index < -0.39 is 0 Å². The Morgan fingerprint density at radius 1 is 1.17 bits per heavy atom. The molecule has 2 amide bonds. The lowest BCUT2D eigenvalue weighted by Crippen LogP contribution is -2.47. The number of amides is 2. The zero-order valence-electron chi connectivity index (χ0n) is 13.6. The maximum atomic E-state index is 12.4. The molecule has 132 valence electrons. The Hall–Kier alpha value is -1.79. The Morgan fingerprint density at radius 3 is 2.71 bits per heavy atom. The highest BCUT2D eigenvalue weighted by atomic mass is 35.5. The van der Waals surface area contributed by atoms with E-state index in [-0.39, 0.29) is 43.4 Å². The summed E-state index contributed by atoms with van der Waals surface area (Å²) in [5, 5.41) is 6.03. The van der Waals surface area contributed by atoms with Crippen LogP contribution in [0.25, 0.3) is 0 Å². The molecule has 3 rings (SSSR count). The number of nitrogens with one attached hydrogen (secondary N) is 2. The highest BCUT2D eigenvalue weighted by Crippen LogP contribution is 2.27. The van der Waals surface area contributed by atoms with Gasteiger partial charge in [0.2, 0.25) is 5.91 Å². The summed E-state index contributed by atoms with van der Waals surface area (Å²) in [4.78, 5) is 26.2. The third-order valence-corrected chi connectivity index (χ3v) is 4.49. The molecule has 7 heteroatoms. The molecule has 1 aromatic rings. The number of carbonyl (C=O) groups is 2. The number of halogens is 1. The fraction of sp³-hybridized carbons (Fsp3) is 0.529. The number of benzene rings is 1. The van der Waals surface area contributed by atoms with E-state index in [0.29, 0.717) is 11.8 Å². The molecule has 2 N–H and O–H groups in total. The third kappa shape index (κ3) is 4.61. The predicted molar refractivity (Wildman–Crippen MR) is 93.3 cm³/mol. The fourth-order valence-corrected chi connectivity index (χ4v) is 3.37. The summed E-state index contributed by atoms with van der Waals surface area (Å²) in [5.41, 5.74) is 0. The van der Waals surface area contributed by atoms with E-state index in [4.69, 9.17) is 4.74 Å². The lowest BCUT2D eigenvalue weighted by atomic mass is 10.1. The molecule has 0 aliphatic carbocycles. The maximum Gasteiger partial charge on any atom is 0.258 e. The minimum absolute atomic E-state index is 0. The fourth-order valence-electron chi connectivity index (χ4n) is 3.37. The van der Waals surface area contributed by atoms with Gasteiger partial charge in [0.15, 0.2) is 6.61 Å². The first kappa shape index (κ1) is 18.5. The van der Waals surface area contributed by atoms with Gasteiger partial charge in [-0.05, 0) is 37.9 Å². The van der Waals surface area contributed by atoms with E-state index in [1.165, 1.54) is 0 Å². The van der Waals surface area contributed by atoms with Crippen molar-refractivity contribution in [1.29, 1.82) is 0 Å². The third-order valence-electron chi connectivity index (χ3n) is 4.49. The van der Waals surface area contributed by atoms with Crippen LogP contribution in [0.4, 0.5) is 0 Å². The molecule has 2 aliphatic heterocycles. The standard InChI is InChI=1S/C17H23N3O3.ClH/c21-16(12-23-15-4-2-1-3-5-15)19-11-17(22)20-13-6-7-14(20)10-18-9-8-13;/h1-5,13-14,18H,6-12H2,(H,19,21);1H. The highest BCUT2D eigenvalue weighted by Gasteiger charge is 2.37. The smallest absolute Gasteiger partial charge is 0.258 e. The van der Waals surface area contributed by atoms with Crippen LogP contribution < -0.4 is 15.4 Å². The van der Waals surface area contributed by atoms with Crippen molar-refractivity contribution >= 4 is 24.2 Å². The van der Waals surface area contributed by atoms with Crippen LogP contribution >= 0.6 is 12.4 Å². The van der Waals surface area contributed by atoms with Crippen molar-refractivity contribution in [1.82, 2.24) is 15.5 Å². The number of fused-ring (bicyclic) bond motifs is 2. The number of para-hydroxylation sites is 1. The van der Waals surface area contributed by atoms with Gasteiger partial charge in [0, 0.05) is 18.6 Å². The molecule has 6 nitrogen and oxygen atoms in total. The Morgan fingerprint density at radius 2 is 1.92 bits per heavy atom. The molecule has 2 fully saturated rings. The van der Waals surface area contributed by atoms with E-state index in [1.807, 2.05) is 23.1 Å². The second-order valence-corrected chi connectivity index (χ2v) is 6.06. The molecule has 0 spiro atoms. The van der Waals surface area contributed by atoms with Gasteiger partial charge in [0.05, 0.1) is 6.54 Å². The molecule has 2 unspecified atom stereocenters. The van der Waals surface area contributed by atoms with Crippen LogP contribution in [-0.4, -0.2) is 55.0 Å². The summed E-state index contributed by atoms with van der Waals surface area (Å²) in [7, 11) is 0. The number of hydrogen-bond acceptors (Lipinski definition) is 4. The van der Waals surface area contributed by atoms with Gasteiger partial charge in [-0.25, -0.2) is 0 Å². The van der Waals surface area contributed by atoms with Gasteiger partial charge in [-0.2, -0.15) is 0 Å². The van der Waals surface area contributed by atoms with E-state index in [9.17, 15) is 9.59 Å². The minimum Gasteiger partial charge on any atom is -0.484 e. The molecule has 2 aliphatic rings. The van der Waals surface area contributed by atoms with Gasteiger partial charge >= 0.3 is 0 Å². The number of rotatable bonds is 5. The van der Waals surface area contributed by atoms with Gasteiger partial charge in [-0.15, -0.1) is 12.4 Å². The van der Waals surface area contributed by atoms with E-state index >= 15 is 0 Å². The normalized spacial score (nSPS) is 22.2. The summed E-state index contributed by atoms with van der Waals surface area (Å²) in [6.45, 7) is 1.78. The van der Waals surface area contributed by atoms with Crippen molar-refractivity contribution in [3.63, 3.8) is 0 Å². The van der Waals surface area contributed by atoms with Gasteiger partial charge in [-0.1, -0.05) is 18.2 Å². The number of ether oxygens (including phenoxy) is 1. The van der Waals surface area contributed by atoms with Crippen LogP contribution in [0.2, 0.25) is 0 Å². The second kappa shape index (κ2) is 8.89. The molecule has 2 bridgehead atoms. The maximum absolute atomic E-state index is 12.4. The largest absolute Gasteiger partial charge is 0.484 e. The van der Waals surface area contributed by atoms with Crippen LogP contribution in [0.3, 0.4) is 0 Å². The topological polar surface area (TPSA) is 70.7 Å². The Labute approximate surface area is 148 Å². The van der Waals surface area contributed by atoms with Gasteiger partial charge in [-0.3, -0.25) is 9.59 Å². The molecule has 2 atom stereocenters. The number of carbonyl (C=O) groups excluding carboxylic acids is 2. The lowest BCUT2D eigenvalue weighted by molar-refractivity contribution is -0.135. The molecule has 1 aromatic carbocycles. The van der Waals surface area contributed by atoms with Gasteiger partial charge in [0.1, 0.15) is 5.75 Å². The van der Waals surface area contributed by atoms with Gasteiger partial charge < -0.3 is 20.3 Å². The number of nitrogens with zero attached hydrogens (tertiary/aromatic N) is 1. The molecular formula is C17H24ClN3O3. The minimum atomic E-state index is -0.275. The summed E-state index contributed by atoms with van der Waals surface area (Å²) in [5.74, 6) is 0.377. The van der Waals surface area contributed by atoms with Crippen molar-refractivity contribution in [2.24, 2.45) is 0 Å². The average Bonchev–Trinajstić information content (AvgIpc) is 2.84. The zero-order valence-corrected chi connectivity index (χ0v) is 14.4. The first-order chi connectivity index (χ1) is 11.2. The molecule has 0 saturated carbocycles. The first-order valence-electron chi connectivity index (χ1n) is 8.20. The Bertz CT molecular complexity index is 541. The summed E-state index contributed by atoms with van der Waals surface area (Å²) in [6, 6.07) is 9.75. The van der Waals surface area contributed by atoms with Crippen molar-refractivity contribution < 1.29 is 14.3 Å². The Kier molecular flexibility index (Phi) is 6.87. The van der Waals surface area contributed by atoms with Crippen molar-refractivity contribution in [2.45, 2.75) is 31.3 Å². The summed E-state index contributed by atoms with van der Waals surface area (Å²) in [6.07, 6.45) is 3.12. The highest BCUT2D eigenvalue weighted by molar-refractivity contribution is 5.86. The van der Waals surface area contributed by atoms with E-state index in [0.717, 1.165) is 32.4 Å². The lowest BCUT2D eigenvalue weighted by Gasteiger charge is -2.28. The van der Waals surface area contributed by atoms with Crippen LogP contribution in [0.15, 0.2) is 30.3 Å². The molecular weight excluding hydrogens is 330 g/mol. The SMILES string of the molecule is Cl.O=C(COc1ccccc1)NCC(=O)N1C2CCNCC1CC2. The zero-order chi connectivity index (χ0) is 16.1. The molecule has 0 radical (unpaired) electrons. The van der Waals surface area contributed by atoms with Crippen LogP contribution in [0.5, 0.6) is 5.75 Å². The summed E-state index contributed by atoms with van der Waals surface area (Å²) >= 11 is 0. The van der Waals surface area contributed by atoms with Crippen LogP contribution in [0, 0.1) is 0 Å². The average molecular weight is 354 g/mol. The predicted octanol–water partition coefficient (Wildman–Crippen LogP) is 0.956. The van der Waals surface area contributed by atoms with E-state index in [1.54, 1.807) is 12.1 Å².